The topological polar surface area (TPSA) is 97.4 Å². The maximum Gasteiger partial charge on any atom is 0.508 e. The molecule has 1 saturated heterocycles. The van der Waals surface area contributed by atoms with Crippen molar-refractivity contribution in [2.24, 2.45) is 5.41 Å². The maximum absolute atomic E-state index is 11.9. The Hall–Kier alpha value is -4.07. The third-order valence-electron chi connectivity index (χ3n) is 5.40. The van der Waals surface area contributed by atoms with Crippen molar-refractivity contribution in [2.75, 3.05) is 26.4 Å². The minimum atomic E-state index is -0.844. The van der Waals surface area contributed by atoms with Gasteiger partial charge in [-0.3, -0.25) is 0 Å². The zero-order valence-electron chi connectivity index (χ0n) is 19.8. The molecule has 3 rings (SSSR count). The third-order valence-corrected chi connectivity index (χ3v) is 5.40. The Balaban J connectivity index is 1.73. The summed E-state index contributed by atoms with van der Waals surface area (Å²) in [5.74, 6) is -0.00250. The average molecular weight is 481 g/mol. The number of carbonyl (C=O) groups excluding carboxylic acids is 3. The fourth-order valence-electron chi connectivity index (χ4n) is 3.39. The molecule has 1 heterocycles. The first-order valence-electron chi connectivity index (χ1n) is 11.1. The van der Waals surface area contributed by atoms with E-state index in [2.05, 4.69) is 13.2 Å². The van der Waals surface area contributed by atoms with Crippen molar-refractivity contribution in [2.45, 2.75) is 20.3 Å². The minimum Gasteiger partial charge on any atom is -0.493 e. The Bertz CT molecular complexity index is 1110. The number of aryl methyl sites for hydroxylation is 1. The molecule has 8 nitrogen and oxygen atoms in total. The van der Waals surface area contributed by atoms with Crippen molar-refractivity contribution in [1.29, 1.82) is 0 Å². The largest absolute Gasteiger partial charge is 0.508 e. The average Bonchev–Trinajstić information content (AvgIpc) is 2.87. The molecule has 1 fully saturated rings. The molecular weight excluding hydrogens is 452 g/mol. The Morgan fingerprint density at radius 3 is 2.31 bits per heavy atom. The van der Waals surface area contributed by atoms with Crippen molar-refractivity contribution in [1.82, 2.24) is 0 Å². The lowest BCUT2D eigenvalue weighted by atomic mass is 9.91. The number of cyclic esters (lactones) is 2. The van der Waals surface area contributed by atoms with Crippen LogP contribution in [0.1, 0.15) is 19.4 Å². The second kappa shape index (κ2) is 11.4. The Morgan fingerprint density at radius 1 is 1.06 bits per heavy atom. The van der Waals surface area contributed by atoms with E-state index in [1.54, 1.807) is 19.1 Å². The Labute approximate surface area is 204 Å². The van der Waals surface area contributed by atoms with Crippen LogP contribution in [0.25, 0.3) is 11.1 Å². The highest BCUT2D eigenvalue weighted by molar-refractivity contribution is 5.87. The van der Waals surface area contributed by atoms with Crippen LogP contribution in [0.5, 0.6) is 11.5 Å². The fourth-order valence-corrected chi connectivity index (χ4v) is 3.39. The van der Waals surface area contributed by atoms with Gasteiger partial charge in [0.1, 0.15) is 43.3 Å². The van der Waals surface area contributed by atoms with E-state index in [4.69, 9.17) is 23.7 Å². The van der Waals surface area contributed by atoms with E-state index in [0.717, 1.165) is 29.2 Å². The van der Waals surface area contributed by atoms with Gasteiger partial charge in [-0.05, 0) is 54.3 Å². The number of rotatable bonds is 10. The summed E-state index contributed by atoms with van der Waals surface area (Å²) in [5, 5.41) is 0. The first-order chi connectivity index (χ1) is 16.7. The van der Waals surface area contributed by atoms with Gasteiger partial charge in [-0.2, -0.15) is 0 Å². The molecule has 35 heavy (non-hydrogen) atoms. The molecule has 1 aliphatic heterocycles. The molecular formula is C27H28O8. The highest BCUT2D eigenvalue weighted by Gasteiger charge is 2.40. The van der Waals surface area contributed by atoms with Gasteiger partial charge < -0.3 is 23.7 Å². The normalized spacial score (nSPS) is 14.2. The van der Waals surface area contributed by atoms with Gasteiger partial charge in [0.2, 0.25) is 0 Å². The molecule has 184 valence electrons. The lowest BCUT2D eigenvalue weighted by molar-refractivity contribution is -0.151. The van der Waals surface area contributed by atoms with Crippen LogP contribution in [0.3, 0.4) is 0 Å². The lowest BCUT2D eigenvalue weighted by Crippen LogP contribution is -2.47. The summed E-state index contributed by atoms with van der Waals surface area (Å²) in [4.78, 5) is 34.6. The molecule has 0 saturated carbocycles. The molecule has 0 amide bonds. The van der Waals surface area contributed by atoms with E-state index < -0.39 is 23.5 Å². The van der Waals surface area contributed by atoms with E-state index >= 15 is 0 Å². The zero-order valence-corrected chi connectivity index (χ0v) is 19.8. The quantitative estimate of drug-likeness (QED) is 0.275. The van der Waals surface area contributed by atoms with Crippen LogP contribution < -0.4 is 9.47 Å². The van der Waals surface area contributed by atoms with Gasteiger partial charge in [-0.25, -0.2) is 14.4 Å². The fraction of sp³-hybridized carbons (Fsp3) is 0.296. The summed E-state index contributed by atoms with van der Waals surface area (Å²) in [6, 6.07) is 12.9. The molecule has 0 aromatic heterocycles. The van der Waals surface area contributed by atoms with Gasteiger partial charge in [0.15, 0.2) is 0 Å². The SMILES string of the molecule is C=CC(=O)Oc1ccc(-c2ccc(OCC3(COC(=O)C(=C)C)COC(=O)OC3)cc2CC)cc1. The molecule has 2 aromatic rings. The molecule has 0 aliphatic carbocycles. The first kappa shape index (κ1) is 25.6. The van der Waals surface area contributed by atoms with Gasteiger partial charge in [0.25, 0.3) is 0 Å². The first-order valence-corrected chi connectivity index (χ1v) is 11.1. The Morgan fingerprint density at radius 2 is 1.71 bits per heavy atom. The van der Waals surface area contributed by atoms with E-state index in [0.29, 0.717) is 11.5 Å². The van der Waals surface area contributed by atoms with Gasteiger partial charge in [0.05, 0.1) is 0 Å². The molecule has 2 aromatic carbocycles. The number of ether oxygens (including phenoxy) is 5. The van der Waals surface area contributed by atoms with Gasteiger partial charge in [-0.15, -0.1) is 0 Å². The maximum atomic E-state index is 11.9. The highest BCUT2D eigenvalue weighted by Crippen LogP contribution is 2.31. The number of hydrogen-bond donors (Lipinski definition) is 0. The minimum absolute atomic E-state index is 0.00318. The molecule has 0 bridgehead atoms. The summed E-state index contributed by atoms with van der Waals surface area (Å²) in [6.07, 6.45) is 1.09. The number of benzene rings is 2. The standard InChI is InChI=1S/C27H28O8/c1-5-19-13-22(11-12-23(19)20-7-9-21(10-8-20)35-24(28)6-2)31-14-27(15-32-25(29)18(3)4)16-33-26(30)34-17-27/h6-13H,2-3,5,14-17H2,1,4H3. The summed E-state index contributed by atoms with van der Waals surface area (Å²) in [5.41, 5.74) is 2.45. The van der Waals surface area contributed by atoms with Crippen LogP contribution in [0.15, 0.2) is 67.3 Å². The molecule has 0 spiro atoms. The van der Waals surface area contributed by atoms with Gasteiger partial charge >= 0.3 is 18.1 Å². The second-order valence-electron chi connectivity index (χ2n) is 8.29. The van der Waals surface area contributed by atoms with Crippen LogP contribution in [-0.4, -0.2) is 44.5 Å². The van der Waals surface area contributed by atoms with Crippen molar-refractivity contribution >= 4 is 18.1 Å². The number of carbonyl (C=O) groups is 3. The second-order valence-corrected chi connectivity index (χ2v) is 8.29. The predicted octanol–water partition coefficient (Wildman–Crippen LogP) is 4.66. The van der Waals surface area contributed by atoms with E-state index in [9.17, 15) is 14.4 Å². The van der Waals surface area contributed by atoms with Crippen molar-refractivity contribution in [3.8, 4) is 22.6 Å². The van der Waals surface area contributed by atoms with Crippen LogP contribution in [0.4, 0.5) is 4.79 Å². The van der Waals surface area contributed by atoms with Crippen LogP contribution >= 0.6 is 0 Å². The van der Waals surface area contributed by atoms with Crippen molar-refractivity contribution in [3.63, 3.8) is 0 Å². The monoisotopic (exact) mass is 480 g/mol. The van der Waals surface area contributed by atoms with E-state index in [1.165, 1.54) is 0 Å². The highest BCUT2D eigenvalue weighted by atomic mass is 16.7. The van der Waals surface area contributed by atoms with Gasteiger partial charge in [-0.1, -0.05) is 38.3 Å². The van der Waals surface area contributed by atoms with E-state index in [1.807, 2.05) is 37.3 Å². The number of esters is 2. The van der Waals surface area contributed by atoms with Crippen LogP contribution in [-0.2, 0) is 30.2 Å². The van der Waals surface area contributed by atoms with Gasteiger partial charge in [0, 0.05) is 11.6 Å². The molecule has 8 heteroatoms. The smallest absolute Gasteiger partial charge is 0.493 e. The summed E-state index contributed by atoms with van der Waals surface area (Å²) in [6.45, 7) is 10.6. The predicted molar refractivity (Wildman–Crippen MR) is 128 cm³/mol. The molecule has 0 unspecified atom stereocenters. The third kappa shape index (κ3) is 6.72. The van der Waals surface area contributed by atoms with Crippen LogP contribution in [0.2, 0.25) is 0 Å². The van der Waals surface area contributed by atoms with Crippen molar-refractivity contribution in [3.05, 3.63) is 72.8 Å². The lowest BCUT2D eigenvalue weighted by Gasteiger charge is -2.34. The molecule has 0 radical (unpaired) electrons. The van der Waals surface area contributed by atoms with Crippen molar-refractivity contribution < 1.29 is 38.1 Å². The summed E-state index contributed by atoms with van der Waals surface area (Å²) < 4.78 is 26.6. The van der Waals surface area contributed by atoms with Crippen LogP contribution in [0, 0.1) is 5.41 Å². The zero-order chi connectivity index (χ0) is 25.4. The molecule has 0 N–H and O–H groups in total. The summed E-state index contributed by atoms with van der Waals surface area (Å²) >= 11 is 0. The molecule has 0 atom stereocenters. The molecule has 1 aliphatic rings. The Kier molecular flexibility index (Phi) is 8.30. The summed E-state index contributed by atoms with van der Waals surface area (Å²) in [7, 11) is 0. The number of hydrogen-bond acceptors (Lipinski definition) is 8. The van der Waals surface area contributed by atoms with E-state index in [-0.39, 0.29) is 32.0 Å².